The minimum Gasteiger partial charge on any atom is -0.479 e. The van der Waals surface area contributed by atoms with Crippen LogP contribution in [0.1, 0.15) is 13.3 Å². The van der Waals surface area contributed by atoms with Gasteiger partial charge in [0.1, 0.15) is 0 Å². The van der Waals surface area contributed by atoms with E-state index in [4.69, 9.17) is 14.9 Å². The molecule has 0 bridgehead atoms. The zero-order chi connectivity index (χ0) is 14.0. The highest BCUT2D eigenvalue weighted by Gasteiger charge is 2.12. The molecule has 18 heavy (non-hydrogen) atoms. The molecule has 0 saturated heterocycles. The van der Waals surface area contributed by atoms with E-state index in [1.54, 1.807) is 0 Å². The van der Waals surface area contributed by atoms with Crippen LogP contribution in [-0.2, 0) is 9.53 Å². The molecule has 0 aliphatic rings. The number of aliphatic hydroxyl groups is 1. The molecule has 0 aromatic heterocycles. The summed E-state index contributed by atoms with van der Waals surface area (Å²) in [6, 6.07) is -0.425. The van der Waals surface area contributed by atoms with Gasteiger partial charge in [-0.2, -0.15) is 0 Å². The van der Waals surface area contributed by atoms with Gasteiger partial charge in [0.05, 0.1) is 13.2 Å². The molecule has 2 amide bonds. The maximum Gasteiger partial charge on any atom is 0.332 e. The van der Waals surface area contributed by atoms with E-state index >= 15 is 0 Å². The lowest BCUT2D eigenvalue weighted by Crippen LogP contribution is -2.39. The first-order valence-electron chi connectivity index (χ1n) is 5.58. The number of ether oxygens (including phenoxy) is 1. The fourth-order valence-electron chi connectivity index (χ4n) is 0.992. The number of aliphatic hydroxyl groups excluding tert-OH is 1. The second kappa shape index (κ2) is 9.43. The standard InChI is InChI=1S/C11H20N2O5/c1-8(2)7-18-6-5-13-11(17)12-4-3-9(14)10(15)16/h9,14H,1,3-7H2,2H3,(H,15,16)(H2,12,13,17)/t9-/m0/s1. The number of aliphatic carboxylic acids is 1. The van der Waals surface area contributed by atoms with E-state index in [9.17, 15) is 9.59 Å². The molecule has 0 aromatic carbocycles. The van der Waals surface area contributed by atoms with Crippen molar-refractivity contribution < 1.29 is 24.5 Å². The third kappa shape index (κ3) is 9.61. The first-order valence-corrected chi connectivity index (χ1v) is 5.58. The van der Waals surface area contributed by atoms with Crippen LogP contribution in [0.25, 0.3) is 0 Å². The summed E-state index contributed by atoms with van der Waals surface area (Å²) in [5.41, 5.74) is 0.905. The monoisotopic (exact) mass is 260 g/mol. The number of carbonyl (C=O) groups is 2. The van der Waals surface area contributed by atoms with Crippen LogP contribution in [0.15, 0.2) is 12.2 Å². The number of hydrogen-bond donors (Lipinski definition) is 4. The van der Waals surface area contributed by atoms with E-state index < -0.39 is 18.1 Å². The van der Waals surface area contributed by atoms with Crippen molar-refractivity contribution in [1.82, 2.24) is 10.6 Å². The summed E-state index contributed by atoms with van der Waals surface area (Å²) < 4.78 is 5.16. The molecule has 1 atom stereocenters. The number of rotatable bonds is 9. The van der Waals surface area contributed by atoms with Crippen molar-refractivity contribution in [3.63, 3.8) is 0 Å². The number of urea groups is 1. The molecule has 0 spiro atoms. The van der Waals surface area contributed by atoms with Crippen LogP contribution in [0.5, 0.6) is 0 Å². The highest BCUT2D eigenvalue weighted by atomic mass is 16.5. The quantitative estimate of drug-likeness (QED) is 0.337. The summed E-state index contributed by atoms with van der Waals surface area (Å²) in [5, 5.41) is 22.3. The van der Waals surface area contributed by atoms with Crippen molar-refractivity contribution in [2.45, 2.75) is 19.4 Å². The number of hydrogen-bond acceptors (Lipinski definition) is 4. The van der Waals surface area contributed by atoms with E-state index in [-0.39, 0.29) is 13.0 Å². The Morgan fingerprint density at radius 2 is 1.94 bits per heavy atom. The Kier molecular flexibility index (Phi) is 8.59. The molecule has 0 fully saturated rings. The van der Waals surface area contributed by atoms with Crippen molar-refractivity contribution in [2.24, 2.45) is 0 Å². The van der Waals surface area contributed by atoms with Crippen molar-refractivity contribution in [2.75, 3.05) is 26.3 Å². The Labute approximate surface area is 106 Å². The summed E-state index contributed by atoms with van der Waals surface area (Å²) in [4.78, 5) is 21.4. The highest BCUT2D eigenvalue weighted by Crippen LogP contribution is 1.89. The molecule has 7 nitrogen and oxygen atoms in total. The fourth-order valence-corrected chi connectivity index (χ4v) is 0.992. The molecule has 0 saturated carbocycles. The Balaban J connectivity index is 3.43. The number of carbonyl (C=O) groups excluding carboxylic acids is 1. The van der Waals surface area contributed by atoms with Crippen LogP contribution in [0, 0.1) is 0 Å². The molecule has 0 heterocycles. The van der Waals surface area contributed by atoms with Crippen LogP contribution >= 0.6 is 0 Å². The van der Waals surface area contributed by atoms with E-state index in [1.807, 2.05) is 6.92 Å². The maximum absolute atomic E-state index is 11.2. The second-order valence-corrected chi connectivity index (χ2v) is 3.84. The lowest BCUT2D eigenvalue weighted by Gasteiger charge is -2.09. The molecule has 0 rings (SSSR count). The van der Waals surface area contributed by atoms with E-state index in [0.717, 1.165) is 5.57 Å². The van der Waals surface area contributed by atoms with Crippen molar-refractivity contribution in [3.05, 3.63) is 12.2 Å². The van der Waals surface area contributed by atoms with E-state index in [1.165, 1.54) is 0 Å². The number of nitrogens with one attached hydrogen (secondary N) is 2. The van der Waals surface area contributed by atoms with Gasteiger partial charge in [0.15, 0.2) is 6.10 Å². The minimum absolute atomic E-state index is 0.0328. The van der Waals surface area contributed by atoms with Gasteiger partial charge in [0, 0.05) is 19.5 Å². The summed E-state index contributed by atoms with van der Waals surface area (Å²) in [5.74, 6) is -1.30. The Hall–Kier alpha value is -1.60. The lowest BCUT2D eigenvalue weighted by molar-refractivity contribution is -0.146. The van der Waals surface area contributed by atoms with Crippen molar-refractivity contribution >= 4 is 12.0 Å². The van der Waals surface area contributed by atoms with Gasteiger partial charge in [-0.15, -0.1) is 0 Å². The number of carboxylic acids is 1. The minimum atomic E-state index is -1.45. The SMILES string of the molecule is C=C(C)COCCNC(=O)NCC[C@H](O)C(=O)O. The van der Waals surface area contributed by atoms with Gasteiger partial charge in [-0.05, 0) is 6.92 Å². The highest BCUT2D eigenvalue weighted by molar-refractivity contribution is 5.74. The molecule has 0 unspecified atom stereocenters. The molecule has 0 aliphatic heterocycles. The molecule has 4 N–H and O–H groups in total. The van der Waals surface area contributed by atoms with Gasteiger partial charge >= 0.3 is 12.0 Å². The molecule has 0 aliphatic carbocycles. The van der Waals surface area contributed by atoms with E-state index in [0.29, 0.717) is 19.8 Å². The summed E-state index contributed by atoms with van der Waals surface area (Å²) in [6.07, 6.45) is -1.49. The molecule has 0 radical (unpaired) electrons. The molecular weight excluding hydrogens is 240 g/mol. The van der Waals surface area contributed by atoms with Crippen LogP contribution in [0.2, 0.25) is 0 Å². The van der Waals surface area contributed by atoms with Gasteiger partial charge < -0.3 is 25.6 Å². The predicted molar refractivity (Wildman–Crippen MR) is 65.3 cm³/mol. The lowest BCUT2D eigenvalue weighted by atomic mass is 10.2. The van der Waals surface area contributed by atoms with Crippen LogP contribution < -0.4 is 10.6 Å². The van der Waals surface area contributed by atoms with Gasteiger partial charge in [-0.3, -0.25) is 0 Å². The summed E-state index contributed by atoms with van der Waals surface area (Å²) in [7, 11) is 0. The Morgan fingerprint density at radius 3 is 2.50 bits per heavy atom. The predicted octanol–water partition coefficient (Wildman–Crippen LogP) is -0.286. The van der Waals surface area contributed by atoms with E-state index in [2.05, 4.69) is 17.2 Å². The molecule has 7 heteroatoms. The van der Waals surface area contributed by atoms with Crippen LogP contribution in [0.3, 0.4) is 0 Å². The molecule has 104 valence electrons. The van der Waals surface area contributed by atoms with Gasteiger partial charge in [0.2, 0.25) is 0 Å². The van der Waals surface area contributed by atoms with Gasteiger partial charge in [-0.1, -0.05) is 12.2 Å². The normalized spacial score (nSPS) is 11.7. The average molecular weight is 260 g/mol. The Bertz CT molecular complexity index is 293. The summed E-state index contributed by atoms with van der Waals surface area (Å²) >= 11 is 0. The fraction of sp³-hybridized carbons (Fsp3) is 0.636. The van der Waals surface area contributed by atoms with Gasteiger partial charge in [-0.25, -0.2) is 9.59 Å². The second-order valence-electron chi connectivity index (χ2n) is 3.84. The zero-order valence-corrected chi connectivity index (χ0v) is 10.4. The maximum atomic E-state index is 11.2. The van der Waals surface area contributed by atoms with Crippen LogP contribution in [-0.4, -0.2) is 54.6 Å². The van der Waals surface area contributed by atoms with Crippen LogP contribution in [0.4, 0.5) is 4.79 Å². The average Bonchev–Trinajstić information content (AvgIpc) is 2.27. The van der Waals surface area contributed by atoms with Gasteiger partial charge in [0.25, 0.3) is 0 Å². The molecular formula is C11H20N2O5. The largest absolute Gasteiger partial charge is 0.479 e. The third-order valence-electron chi connectivity index (χ3n) is 1.87. The number of amides is 2. The van der Waals surface area contributed by atoms with Crippen molar-refractivity contribution in [3.8, 4) is 0 Å². The third-order valence-corrected chi connectivity index (χ3v) is 1.87. The first-order chi connectivity index (χ1) is 8.43. The molecule has 0 aromatic rings. The van der Waals surface area contributed by atoms with Crippen molar-refractivity contribution in [1.29, 1.82) is 0 Å². The topological polar surface area (TPSA) is 108 Å². The number of carboxylic acid groups (broad SMARTS) is 1. The first kappa shape index (κ1) is 16.4. The summed E-state index contributed by atoms with van der Waals surface area (Å²) in [6.45, 7) is 6.77. The smallest absolute Gasteiger partial charge is 0.332 e. The Morgan fingerprint density at radius 1 is 1.33 bits per heavy atom. The zero-order valence-electron chi connectivity index (χ0n) is 10.4.